The molecule has 1 unspecified atom stereocenters. The summed E-state index contributed by atoms with van der Waals surface area (Å²) in [6.07, 6.45) is 1.47. The summed E-state index contributed by atoms with van der Waals surface area (Å²) in [4.78, 5) is 29.0. The molecule has 1 aromatic rings. The second kappa shape index (κ2) is 9.05. The Morgan fingerprint density at radius 1 is 1.36 bits per heavy atom. The molecular weight excluding hydrogens is 318 g/mol. The van der Waals surface area contributed by atoms with Crippen LogP contribution in [0, 0.1) is 0 Å². The number of hydrogen-bond acceptors (Lipinski definition) is 3. The van der Waals surface area contributed by atoms with Crippen LogP contribution in [0.2, 0.25) is 0 Å². The van der Waals surface area contributed by atoms with Gasteiger partial charge in [0.1, 0.15) is 0 Å². The van der Waals surface area contributed by atoms with Gasteiger partial charge in [0.2, 0.25) is 11.8 Å². The third-order valence-electron chi connectivity index (χ3n) is 4.12. The first-order chi connectivity index (χ1) is 12.0. The first kappa shape index (κ1) is 18.8. The molecule has 136 valence electrons. The molecule has 0 aliphatic carbocycles. The van der Waals surface area contributed by atoms with Gasteiger partial charge in [-0.05, 0) is 24.1 Å². The molecule has 0 saturated carbocycles. The smallest absolute Gasteiger partial charge is 0.222 e. The Morgan fingerprint density at radius 3 is 2.84 bits per heavy atom. The lowest BCUT2D eigenvalue weighted by Crippen LogP contribution is -2.44. The molecule has 1 heterocycles. The van der Waals surface area contributed by atoms with Crippen molar-refractivity contribution in [3.8, 4) is 0 Å². The zero-order valence-electron chi connectivity index (χ0n) is 15.1. The van der Waals surface area contributed by atoms with E-state index in [1.165, 1.54) is 6.92 Å². The van der Waals surface area contributed by atoms with E-state index in [2.05, 4.69) is 20.9 Å². The van der Waals surface area contributed by atoms with Gasteiger partial charge in [0, 0.05) is 51.8 Å². The van der Waals surface area contributed by atoms with Crippen LogP contribution in [-0.2, 0) is 16.1 Å². The van der Waals surface area contributed by atoms with Crippen LogP contribution in [0.3, 0.4) is 0 Å². The van der Waals surface area contributed by atoms with E-state index < -0.39 is 0 Å². The van der Waals surface area contributed by atoms with Gasteiger partial charge < -0.3 is 20.9 Å². The Labute approximate surface area is 148 Å². The number of anilines is 1. The van der Waals surface area contributed by atoms with Crippen molar-refractivity contribution in [3.05, 3.63) is 29.8 Å². The number of guanidine groups is 1. The molecule has 0 radical (unpaired) electrons. The highest BCUT2D eigenvalue weighted by molar-refractivity contribution is 5.88. The molecule has 1 atom stereocenters. The molecule has 3 N–H and O–H groups in total. The van der Waals surface area contributed by atoms with E-state index in [-0.39, 0.29) is 17.9 Å². The maximum Gasteiger partial charge on any atom is 0.222 e. The van der Waals surface area contributed by atoms with Crippen LogP contribution in [0.25, 0.3) is 0 Å². The summed E-state index contributed by atoms with van der Waals surface area (Å²) in [5.41, 5.74) is 1.82. The lowest BCUT2D eigenvalue weighted by Gasteiger charge is -2.19. The highest BCUT2D eigenvalue weighted by Gasteiger charge is 2.25. The van der Waals surface area contributed by atoms with Crippen LogP contribution in [0.15, 0.2) is 29.3 Å². The zero-order valence-corrected chi connectivity index (χ0v) is 15.1. The Balaban J connectivity index is 1.85. The topological polar surface area (TPSA) is 85.8 Å². The van der Waals surface area contributed by atoms with E-state index in [4.69, 9.17) is 0 Å². The van der Waals surface area contributed by atoms with E-state index in [1.807, 2.05) is 36.1 Å². The van der Waals surface area contributed by atoms with Gasteiger partial charge in [-0.15, -0.1) is 0 Å². The fourth-order valence-corrected chi connectivity index (χ4v) is 2.86. The molecule has 1 aromatic carbocycles. The van der Waals surface area contributed by atoms with Crippen LogP contribution < -0.4 is 16.0 Å². The van der Waals surface area contributed by atoms with Crippen LogP contribution in [-0.4, -0.2) is 48.9 Å². The number of amides is 2. The lowest BCUT2D eigenvalue weighted by atomic mass is 10.2. The zero-order chi connectivity index (χ0) is 18.2. The number of carbonyl (C=O) groups excluding carboxylic acids is 2. The average Bonchev–Trinajstić information content (AvgIpc) is 3.06. The standard InChI is InChI=1S/C18H27N5O2/c1-4-17(25)23-9-8-16(12-23)22-18(19-3)20-11-14-6-5-7-15(10-14)21-13(2)24/h5-7,10,16H,4,8-9,11-12H2,1-3H3,(H,21,24)(H2,19,20,22). The van der Waals surface area contributed by atoms with Crippen molar-refractivity contribution in [2.75, 3.05) is 25.5 Å². The van der Waals surface area contributed by atoms with E-state index >= 15 is 0 Å². The van der Waals surface area contributed by atoms with Gasteiger partial charge >= 0.3 is 0 Å². The van der Waals surface area contributed by atoms with Crippen molar-refractivity contribution < 1.29 is 9.59 Å². The van der Waals surface area contributed by atoms with Crippen LogP contribution in [0.4, 0.5) is 5.69 Å². The number of rotatable bonds is 5. The first-order valence-corrected chi connectivity index (χ1v) is 8.63. The molecule has 7 heteroatoms. The maximum atomic E-state index is 11.8. The predicted octanol–water partition coefficient (Wildman–Crippen LogP) is 1.32. The Kier molecular flexibility index (Phi) is 6.80. The van der Waals surface area contributed by atoms with Crippen LogP contribution >= 0.6 is 0 Å². The van der Waals surface area contributed by atoms with E-state index in [0.717, 1.165) is 24.2 Å². The van der Waals surface area contributed by atoms with Gasteiger partial charge in [-0.1, -0.05) is 19.1 Å². The normalized spacial score (nSPS) is 17.3. The molecule has 0 aromatic heterocycles. The summed E-state index contributed by atoms with van der Waals surface area (Å²) < 4.78 is 0. The lowest BCUT2D eigenvalue weighted by molar-refractivity contribution is -0.129. The van der Waals surface area contributed by atoms with E-state index in [1.54, 1.807) is 7.05 Å². The second-order valence-electron chi connectivity index (χ2n) is 6.13. The van der Waals surface area contributed by atoms with Gasteiger partial charge in [-0.2, -0.15) is 0 Å². The summed E-state index contributed by atoms with van der Waals surface area (Å²) in [6, 6.07) is 7.90. The first-order valence-electron chi connectivity index (χ1n) is 8.63. The van der Waals surface area contributed by atoms with Gasteiger partial charge in [-0.25, -0.2) is 0 Å². The van der Waals surface area contributed by atoms with Crippen LogP contribution in [0.5, 0.6) is 0 Å². The molecule has 1 aliphatic rings. The SMILES string of the molecule is CCC(=O)N1CCC(NC(=NC)NCc2cccc(NC(C)=O)c2)C1. The van der Waals surface area contributed by atoms with Gasteiger partial charge in [0.05, 0.1) is 0 Å². The number of nitrogens with zero attached hydrogens (tertiary/aromatic N) is 2. The average molecular weight is 345 g/mol. The minimum atomic E-state index is -0.0880. The monoisotopic (exact) mass is 345 g/mol. The summed E-state index contributed by atoms with van der Waals surface area (Å²) >= 11 is 0. The molecule has 1 saturated heterocycles. The predicted molar refractivity (Wildman–Crippen MR) is 99.4 cm³/mol. The number of carbonyl (C=O) groups is 2. The van der Waals surface area contributed by atoms with Crippen molar-refractivity contribution in [2.45, 2.75) is 39.3 Å². The highest BCUT2D eigenvalue weighted by Crippen LogP contribution is 2.12. The van der Waals surface area contributed by atoms with Crippen molar-refractivity contribution in [1.29, 1.82) is 0 Å². The van der Waals surface area contributed by atoms with Crippen molar-refractivity contribution in [1.82, 2.24) is 15.5 Å². The van der Waals surface area contributed by atoms with Crippen molar-refractivity contribution in [2.24, 2.45) is 4.99 Å². The molecule has 2 amide bonds. The summed E-state index contributed by atoms with van der Waals surface area (Å²) in [5.74, 6) is 0.817. The molecule has 1 aliphatic heterocycles. The van der Waals surface area contributed by atoms with E-state index in [9.17, 15) is 9.59 Å². The summed E-state index contributed by atoms with van der Waals surface area (Å²) in [6.45, 7) is 5.48. The maximum absolute atomic E-state index is 11.8. The minimum absolute atomic E-state index is 0.0880. The number of nitrogens with one attached hydrogen (secondary N) is 3. The number of hydrogen-bond donors (Lipinski definition) is 3. The summed E-state index contributed by atoms with van der Waals surface area (Å²) in [7, 11) is 1.73. The molecule has 0 bridgehead atoms. The third-order valence-corrected chi connectivity index (χ3v) is 4.12. The molecule has 7 nitrogen and oxygen atoms in total. The van der Waals surface area contributed by atoms with E-state index in [0.29, 0.717) is 25.5 Å². The van der Waals surface area contributed by atoms with Crippen molar-refractivity contribution in [3.63, 3.8) is 0 Å². The van der Waals surface area contributed by atoms with Gasteiger partial charge in [-0.3, -0.25) is 14.6 Å². The number of aliphatic imine (C=N–C) groups is 1. The molecule has 25 heavy (non-hydrogen) atoms. The fourth-order valence-electron chi connectivity index (χ4n) is 2.86. The molecular formula is C18H27N5O2. The van der Waals surface area contributed by atoms with Gasteiger partial charge in [0.25, 0.3) is 0 Å². The largest absolute Gasteiger partial charge is 0.352 e. The minimum Gasteiger partial charge on any atom is -0.352 e. The van der Waals surface area contributed by atoms with Crippen molar-refractivity contribution >= 4 is 23.5 Å². The third kappa shape index (κ3) is 5.77. The summed E-state index contributed by atoms with van der Waals surface area (Å²) in [5, 5.41) is 9.42. The molecule has 0 spiro atoms. The number of likely N-dealkylation sites (tertiary alicyclic amines) is 1. The highest BCUT2D eigenvalue weighted by atomic mass is 16.2. The van der Waals surface area contributed by atoms with Crippen LogP contribution in [0.1, 0.15) is 32.3 Å². The fraction of sp³-hybridized carbons (Fsp3) is 0.500. The Morgan fingerprint density at radius 2 is 2.16 bits per heavy atom. The molecule has 1 fully saturated rings. The second-order valence-corrected chi connectivity index (χ2v) is 6.13. The Bertz CT molecular complexity index is 644. The Hall–Kier alpha value is -2.57. The quantitative estimate of drug-likeness (QED) is 0.555. The van der Waals surface area contributed by atoms with Gasteiger partial charge in [0.15, 0.2) is 5.96 Å². The molecule has 2 rings (SSSR count). The number of benzene rings is 1.